The normalized spacial score (nSPS) is 17.2. The molecule has 0 atom stereocenters. The molecular weight excluding hydrogens is 178 g/mol. The Bertz CT molecular complexity index is 366. The van der Waals surface area contributed by atoms with Crippen molar-refractivity contribution < 1.29 is 0 Å². The van der Waals surface area contributed by atoms with E-state index in [4.69, 9.17) is 0 Å². The van der Waals surface area contributed by atoms with Gasteiger partial charge >= 0.3 is 0 Å². The van der Waals surface area contributed by atoms with Crippen LogP contribution in [0, 0.1) is 6.92 Å². The summed E-state index contributed by atoms with van der Waals surface area (Å²) in [5.41, 5.74) is 0.673. The maximum absolute atomic E-state index is 11.1. The third-order valence-corrected chi connectivity index (χ3v) is 2.57. The number of anilines is 1. The van der Waals surface area contributed by atoms with E-state index in [0.29, 0.717) is 12.0 Å². The Labute approximate surface area is 82.8 Å². The highest BCUT2D eigenvalue weighted by Crippen LogP contribution is 2.20. The summed E-state index contributed by atoms with van der Waals surface area (Å²) in [6, 6.07) is 1.99. The van der Waals surface area contributed by atoms with Gasteiger partial charge in [-0.05, 0) is 19.8 Å². The lowest BCUT2D eigenvalue weighted by Gasteiger charge is -2.11. The molecule has 0 unspecified atom stereocenters. The molecule has 76 valence electrons. The fourth-order valence-electron chi connectivity index (χ4n) is 1.91. The average Bonchev–Trinajstić information content (AvgIpc) is 2.54. The predicted molar refractivity (Wildman–Crippen MR) is 55.5 cm³/mol. The van der Waals surface area contributed by atoms with Crippen molar-refractivity contribution in [2.24, 2.45) is 0 Å². The number of nitrogens with one attached hydrogen (secondary N) is 2. The van der Waals surface area contributed by atoms with Crippen LogP contribution in [0.2, 0.25) is 0 Å². The van der Waals surface area contributed by atoms with Crippen molar-refractivity contribution in [3.8, 4) is 0 Å². The molecule has 1 fully saturated rings. The van der Waals surface area contributed by atoms with Crippen molar-refractivity contribution in [3.05, 3.63) is 22.1 Å². The first-order valence-electron chi connectivity index (χ1n) is 5.08. The van der Waals surface area contributed by atoms with Gasteiger partial charge in [-0.25, -0.2) is 4.98 Å². The van der Waals surface area contributed by atoms with E-state index >= 15 is 0 Å². The Morgan fingerprint density at radius 3 is 2.86 bits per heavy atom. The van der Waals surface area contributed by atoms with Gasteiger partial charge in [-0.1, -0.05) is 12.8 Å². The van der Waals surface area contributed by atoms with Crippen molar-refractivity contribution in [1.29, 1.82) is 0 Å². The van der Waals surface area contributed by atoms with Gasteiger partial charge in [0, 0.05) is 17.8 Å². The molecule has 1 aromatic heterocycles. The molecule has 2 rings (SSSR count). The lowest BCUT2D eigenvalue weighted by molar-refractivity contribution is 0.741. The molecule has 0 bridgehead atoms. The molecule has 1 saturated carbocycles. The SMILES string of the molecule is Cc1cc(=O)[nH]c(NC2CCCC2)n1. The van der Waals surface area contributed by atoms with Crippen LogP contribution in [0.15, 0.2) is 10.9 Å². The molecule has 0 radical (unpaired) electrons. The van der Waals surface area contributed by atoms with Gasteiger partial charge in [0.15, 0.2) is 0 Å². The average molecular weight is 193 g/mol. The summed E-state index contributed by atoms with van der Waals surface area (Å²) in [5.74, 6) is 0.613. The molecule has 0 spiro atoms. The summed E-state index contributed by atoms with van der Waals surface area (Å²) in [5, 5.41) is 3.26. The van der Waals surface area contributed by atoms with Crippen LogP contribution in [0.25, 0.3) is 0 Å². The molecule has 4 heteroatoms. The molecule has 1 aliphatic carbocycles. The van der Waals surface area contributed by atoms with Gasteiger partial charge in [0.2, 0.25) is 5.95 Å². The molecule has 1 aromatic rings. The third kappa shape index (κ3) is 2.13. The second-order valence-electron chi connectivity index (χ2n) is 3.86. The van der Waals surface area contributed by atoms with E-state index in [-0.39, 0.29) is 5.56 Å². The van der Waals surface area contributed by atoms with Crippen LogP contribution in [0.3, 0.4) is 0 Å². The van der Waals surface area contributed by atoms with Gasteiger partial charge < -0.3 is 5.32 Å². The van der Waals surface area contributed by atoms with Crippen LogP contribution in [0.1, 0.15) is 31.4 Å². The van der Waals surface area contributed by atoms with Gasteiger partial charge in [-0.3, -0.25) is 9.78 Å². The van der Waals surface area contributed by atoms with Crippen molar-refractivity contribution >= 4 is 5.95 Å². The zero-order chi connectivity index (χ0) is 9.97. The summed E-state index contributed by atoms with van der Waals surface area (Å²) < 4.78 is 0. The zero-order valence-electron chi connectivity index (χ0n) is 8.34. The highest BCUT2D eigenvalue weighted by molar-refractivity contribution is 5.26. The van der Waals surface area contributed by atoms with Crippen molar-refractivity contribution in [3.63, 3.8) is 0 Å². The Balaban J connectivity index is 2.11. The van der Waals surface area contributed by atoms with Gasteiger partial charge in [0.1, 0.15) is 0 Å². The summed E-state index contributed by atoms with van der Waals surface area (Å²) in [4.78, 5) is 18.1. The van der Waals surface area contributed by atoms with Crippen LogP contribution in [0.5, 0.6) is 0 Å². The second kappa shape index (κ2) is 3.82. The maximum Gasteiger partial charge on any atom is 0.252 e. The molecule has 4 nitrogen and oxygen atoms in total. The first kappa shape index (κ1) is 9.24. The maximum atomic E-state index is 11.1. The topological polar surface area (TPSA) is 57.8 Å². The fourth-order valence-corrected chi connectivity index (χ4v) is 1.91. The second-order valence-corrected chi connectivity index (χ2v) is 3.86. The van der Waals surface area contributed by atoms with Crippen molar-refractivity contribution in [2.45, 2.75) is 38.6 Å². The van der Waals surface area contributed by atoms with Crippen LogP contribution in [-0.2, 0) is 0 Å². The highest BCUT2D eigenvalue weighted by atomic mass is 16.1. The predicted octanol–water partition coefficient (Wildman–Crippen LogP) is 1.43. The van der Waals surface area contributed by atoms with E-state index < -0.39 is 0 Å². The Kier molecular flexibility index (Phi) is 2.52. The standard InChI is InChI=1S/C10H15N3O/c1-7-6-9(14)13-10(11-7)12-8-4-2-3-5-8/h6,8H,2-5H2,1H3,(H2,11,12,13,14). The fraction of sp³-hybridized carbons (Fsp3) is 0.600. The van der Waals surface area contributed by atoms with Crippen LogP contribution in [-0.4, -0.2) is 16.0 Å². The highest BCUT2D eigenvalue weighted by Gasteiger charge is 2.15. The Morgan fingerprint density at radius 2 is 2.21 bits per heavy atom. The van der Waals surface area contributed by atoms with E-state index in [2.05, 4.69) is 15.3 Å². The largest absolute Gasteiger partial charge is 0.353 e. The van der Waals surface area contributed by atoms with E-state index in [9.17, 15) is 4.79 Å². The lowest BCUT2D eigenvalue weighted by Crippen LogP contribution is -2.20. The first-order valence-corrected chi connectivity index (χ1v) is 5.08. The minimum atomic E-state index is -0.0852. The molecule has 0 amide bonds. The van der Waals surface area contributed by atoms with Gasteiger partial charge in [0.05, 0.1) is 0 Å². The number of aromatic amines is 1. The number of hydrogen-bond acceptors (Lipinski definition) is 3. The van der Waals surface area contributed by atoms with E-state index in [0.717, 1.165) is 5.69 Å². The number of rotatable bonds is 2. The van der Waals surface area contributed by atoms with E-state index in [1.807, 2.05) is 6.92 Å². The number of H-pyrrole nitrogens is 1. The lowest BCUT2D eigenvalue weighted by atomic mass is 10.2. The van der Waals surface area contributed by atoms with Crippen molar-refractivity contribution in [2.75, 3.05) is 5.32 Å². The summed E-state index contributed by atoms with van der Waals surface area (Å²) in [7, 11) is 0. The Hall–Kier alpha value is -1.32. The van der Waals surface area contributed by atoms with Crippen molar-refractivity contribution in [1.82, 2.24) is 9.97 Å². The smallest absolute Gasteiger partial charge is 0.252 e. The van der Waals surface area contributed by atoms with Gasteiger partial charge in [-0.15, -0.1) is 0 Å². The molecule has 14 heavy (non-hydrogen) atoms. The molecule has 0 aliphatic heterocycles. The number of aryl methyl sites for hydroxylation is 1. The summed E-state index contributed by atoms with van der Waals surface area (Å²) >= 11 is 0. The Morgan fingerprint density at radius 1 is 1.50 bits per heavy atom. The van der Waals surface area contributed by atoms with Gasteiger partial charge in [0.25, 0.3) is 5.56 Å². The van der Waals surface area contributed by atoms with Crippen LogP contribution < -0.4 is 10.9 Å². The summed E-state index contributed by atoms with van der Waals surface area (Å²) in [6.07, 6.45) is 4.90. The molecule has 2 N–H and O–H groups in total. The number of nitrogens with zero attached hydrogens (tertiary/aromatic N) is 1. The van der Waals surface area contributed by atoms with Gasteiger partial charge in [-0.2, -0.15) is 0 Å². The minimum absolute atomic E-state index is 0.0852. The van der Waals surface area contributed by atoms with E-state index in [1.165, 1.54) is 31.7 Å². The number of hydrogen-bond donors (Lipinski definition) is 2. The molecule has 0 aromatic carbocycles. The molecular formula is C10H15N3O. The van der Waals surface area contributed by atoms with E-state index in [1.54, 1.807) is 0 Å². The van der Waals surface area contributed by atoms with Crippen LogP contribution >= 0.6 is 0 Å². The quantitative estimate of drug-likeness (QED) is 0.747. The number of aromatic nitrogens is 2. The zero-order valence-corrected chi connectivity index (χ0v) is 8.34. The minimum Gasteiger partial charge on any atom is -0.353 e. The molecule has 0 saturated heterocycles. The first-order chi connectivity index (χ1) is 6.74. The monoisotopic (exact) mass is 193 g/mol. The third-order valence-electron chi connectivity index (χ3n) is 2.57. The summed E-state index contributed by atoms with van der Waals surface area (Å²) in [6.45, 7) is 1.83. The van der Waals surface area contributed by atoms with Crippen LogP contribution in [0.4, 0.5) is 5.95 Å². The molecule has 1 aliphatic rings. The molecule has 1 heterocycles.